The summed E-state index contributed by atoms with van der Waals surface area (Å²) in [6.07, 6.45) is 2.95. The van der Waals surface area contributed by atoms with E-state index in [0.29, 0.717) is 11.4 Å². The molecule has 0 spiro atoms. The minimum atomic E-state index is -3.70. The number of nitrogens with one attached hydrogen (secondary N) is 2. The number of rotatable bonds is 5. The third-order valence-electron chi connectivity index (χ3n) is 3.92. The zero-order valence-corrected chi connectivity index (χ0v) is 13.8. The maximum Gasteiger partial charge on any atom is 0.261 e. The molecule has 1 amide bonds. The summed E-state index contributed by atoms with van der Waals surface area (Å²) in [6.45, 7) is -0.634. The normalized spacial score (nSPS) is 13.4. The van der Waals surface area contributed by atoms with E-state index in [1.165, 1.54) is 11.6 Å². The van der Waals surface area contributed by atoms with Crippen LogP contribution in [-0.2, 0) is 27.7 Å². The summed E-state index contributed by atoms with van der Waals surface area (Å²) >= 11 is 0. The van der Waals surface area contributed by atoms with Gasteiger partial charge in [-0.05, 0) is 60.7 Å². The number of aryl methyl sites for hydroxylation is 2. The van der Waals surface area contributed by atoms with E-state index in [9.17, 15) is 13.2 Å². The number of benzene rings is 2. The molecule has 2 aromatic rings. The summed E-state index contributed by atoms with van der Waals surface area (Å²) in [6, 6.07) is 11.5. The van der Waals surface area contributed by atoms with E-state index in [1.807, 2.05) is 6.07 Å². The number of carbonyl (C=O) groups excluding carboxylic acids is 1. The monoisotopic (exact) mass is 346 g/mol. The molecule has 126 valence electrons. The molecule has 2 aromatic carbocycles. The van der Waals surface area contributed by atoms with E-state index >= 15 is 0 Å². The molecule has 7 heteroatoms. The third kappa shape index (κ3) is 3.58. The minimum Gasteiger partial charge on any atom is -0.387 e. The largest absolute Gasteiger partial charge is 0.387 e. The lowest BCUT2D eigenvalue weighted by atomic mass is 10.1. The Bertz CT molecular complexity index is 878. The van der Waals surface area contributed by atoms with E-state index in [0.717, 1.165) is 24.8 Å². The maximum absolute atomic E-state index is 12.6. The summed E-state index contributed by atoms with van der Waals surface area (Å²) in [4.78, 5) is 11.4. The summed E-state index contributed by atoms with van der Waals surface area (Å²) < 4.78 is 27.6. The molecule has 24 heavy (non-hydrogen) atoms. The quantitative estimate of drug-likeness (QED) is 0.770. The number of sulfonamides is 1. The average Bonchev–Trinajstić information content (AvgIpc) is 3.02. The third-order valence-corrected chi connectivity index (χ3v) is 5.30. The molecule has 0 heterocycles. The fourth-order valence-corrected chi connectivity index (χ4v) is 3.89. The second-order valence-electron chi connectivity index (χ2n) is 5.68. The Hall–Kier alpha value is -2.38. The topological polar surface area (TPSA) is 95.5 Å². The highest BCUT2D eigenvalue weighted by Crippen LogP contribution is 2.26. The maximum atomic E-state index is 12.6. The van der Waals surface area contributed by atoms with Gasteiger partial charge in [-0.15, -0.1) is 0 Å². The number of carbonyl (C=O) groups is 1. The Morgan fingerprint density at radius 2 is 1.79 bits per heavy atom. The Morgan fingerprint density at radius 3 is 2.58 bits per heavy atom. The van der Waals surface area contributed by atoms with Crippen LogP contribution in [0.15, 0.2) is 47.4 Å². The predicted octanol–water partition coefficient (Wildman–Crippen LogP) is 1.91. The molecule has 1 aliphatic rings. The SMILES string of the molecule is O=C(CO)Nc1cccc(NS(=O)(=O)c2ccc3c(c2)CCC3)c1. The van der Waals surface area contributed by atoms with Gasteiger partial charge in [-0.3, -0.25) is 9.52 Å². The summed E-state index contributed by atoms with van der Waals surface area (Å²) in [5, 5.41) is 11.2. The first-order valence-electron chi connectivity index (χ1n) is 7.63. The molecule has 0 aromatic heterocycles. The molecular weight excluding hydrogens is 328 g/mol. The molecule has 3 rings (SSSR count). The van der Waals surface area contributed by atoms with Crippen LogP contribution in [0.2, 0.25) is 0 Å². The van der Waals surface area contributed by atoms with Crippen LogP contribution < -0.4 is 10.0 Å². The van der Waals surface area contributed by atoms with Crippen molar-refractivity contribution in [1.82, 2.24) is 0 Å². The van der Waals surface area contributed by atoms with Gasteiger partial charge in [0.2, 0.25) is 5.91 Å². The van der Waals surface area contributed by atoms with E-state index in [2.05, 4.69) is 10.0 Å². The number of aliphatic hydroxyl groups excluding tert-OH is 1. The average molecular weight is 346 g/mol. The van der Waals surface area contributed by atoms with E-state index in [1.54, 1.807) is 30.3 Å². The summed E-state index contributed by atoms with van der Waals surface area (Å²) in [5.74, 6) is -0.561. The lowest BCUT2D eigenvalue weighted by Gasteiger charge is -2.11. The predicted molar refractivity (Wildman–Crippen MR) is 91.4 cm³/mol. The van der Waals surface area contributed by atoms with Crippen molar-refractivity contribution in [2.75, 3.05) is 16.6 Å². The van der Waals surface area contributed by atoms with Crippen molar-refractivity contribution in [3.8, 4) is 0 Å². The lowest BCUT2D eigenvalue weighted by molar-refractivity contribution is -0.118. The van der Waals surface area contributed by atoms with Crippen molar-refractivity contribution < 1.29 is 18.3 Å². The molecule has 0 saturated heterocycles. The number of anilines is 2. The molecule has 0 fully saturated rings. The van der Waals surface area contributed by atoms with Crippen LogP contribution in [-0.4, -0.2) is 26.0 Å². The first-order valence-corrected chi connectivity index (χ1v) is 9.12. The van der Waals surface area contributed by atoms with E-state index in [4.69, 9.17) is 5.11 Å². The number of fused-ring (bicyclic) bond motifs is 1. The minimum absolute atomic E-state index is 0.230. The lowest BCUT2D eigenvalue weighted by Crippen LogP contribution is -2.16. The van der Waals surface area contributed by atoms with Crippen LogP contribution in [0, 0.1) is 0 Å². The van der Waals surface area contributed by atoms with Crippen molar-refractivity contribution in [2.45, 2.75) is 24.2 Å². The summed E-state index contributed by atoms with van der Waals surface area (Å²) in [7, 11) is -3.70. The van der Waals surface area contributed by atoms with Crippen LogP contribution >= 0.6 is 0 Å². The van der Waals surface area contributed by atoms with Gasteiger partial charge in [-0.2, -0.15) is 0 Å². The Balaban J connectivity index is 1.82. The van der Waals surface area contributed by atoms with Gasteiger partial charge in [-0.1, -0.05) is 12.1 Å². The van der Waals surface area contributed by atoms with Crippen LogP contribution in [0.4, 0.5) is 11.4 Å². The van der Waals surface area contributed by atoms with Crippen molar-refractivity contribution in [1.29, 1.82) is 0 Å². The standard InChI is InChI=1S/C17H18N2O4S/c20-11-17(21)18-14-5-2-6-15(10-14)19-24(22,23)16-8-7-12-3-1-4-13(12)9-16/h2,5-10,19-20H,1,3-4,11H2,(H,18,21). The first-order chi connectivity index (χ1) is 11.5. The van der Waals surface area contributed by atoms with Crippen molar-refractivity contribution in [3.63, 3.8) is 0 Å². The summed E-state index contributed by atoms with van der Waals surface area (Å²) in [5.41, 5.74) is 3.04. The fourth-order valence-electron chi connectivity index (χ4n) is 2.79. The number of aliphatic hydroxyl groups is 1. The van der Waals surface area contributed by atoms with Gasteiger partial charge in [0.25, 0.3) is 10.0 Å². The molecule has 0 bridgehead atoms. The molecule has 3 N–H and O–H groups in total. The van der Waals surface area contributed by atoms with Crippen molar-refractivity contribution >= 4 is 27.3 Å². The smallest absolute Gasteiger partial charge is 0.261 e. The van der Waals surface area contributed by atoms with Crippen molar-refractivity contribution in [2.24, 2.45) is 0 Å². The van der Waals surface area contributed by atoms with Gasteiger partial charge in [0, 0.05) is 5.69 Å². The number of amides is 1. The second kappa shape index (κ2) is 6.62. The van der Waals surface area contributed by atoms with Gasteiger partial charge in [0.15, 0.2) is 0 Å². The Labute approximate surface area is 140 Å². The van der Waals surface area contributed by atoms with Crippen LogP contribution in [0.1, 0.15) is 17.5 Å². The molecule has 0 atom stereocenters. The van der Waals surface area contributed by atoms with Gasteiger partial charge < -0.3 is 10.4 Å². The van der Waals surface area contributed by atoms with E-state index in [-0.39, 0.29) is 4.90 Å². The molecule has 0 aliphatic heterocycles. The van der Waals surface area contributed by atoms with Gasteiger partial charge >= 0.3 is 0 Å². The van der Waals surface area contributed by atoms with E-state index < -0.39 is 22.5 Å². The molecular formula is C17H18N2O4S. The molecule has 0 radical (unpaired) electrons. The number of hydrogen-bond acceptors (Lipinski definition) is 4. The Morgan fingerprint density at radius 1 is 1.04 bits per heavy atom. The first kappa shape index (κ1) is 16.5. The fraction of sp³-hybridized carbons (Fsp3) is 0.235. The molecule has 0 unspecified atom stereocenters. The van der Waals surface area contributed by atoms with Crippen LogP contribution in [0.25, 0.3) is 0 Å². The second-order valence-corrected chi connectivity index (χ2v) is 7.36. The number of hydrogen-bond donors (Lipinski definition) is 3. The highest BCUT2D eigenvalue weighted by atomic mass is 32.2. The van der Waals surface area contributed by atoms with Gasteiger partial charge in [0.1, 0.15) is 6.61 Å². The molecule has 0 saturated carbocycles. The van der Waals surface area contributed by atoms with Gasteiger partial charge in [0.05, 0.1) is 10.6 Å². The van der Waals surface area contributed by atoms with Crippen LogP contribution in [0.5, 0.6) is 0 Å². The highest BCUT2D eigenvalue weighted by Gasteiger charge is 2.18. The Kier molecular flexibility index (Phi) is 4.55. The van der Waals surface area contributed by atoms with Crippen molar-refractivity contribution in [3.05, 3.63) is 53.6 Å². The molecule has 1 aliphatic carbocycles. The highest BCUT2D eigenvalue weighted by molar-refractivity contribution is 7.92. The van der Waals surface area contributed by atoms with Gasteiger partial charge in [-0.25, -0.2) is 8.42 Å². The molecule has 6 nitrogen and oxygen atoms in total. The zero-order valence-electron chi connectivity index (χ0n) is 13.0. The zero-order chi connectivity index (χ0) is 17.2. The van der Waals surface area contributed by atoms with Crippen LogP contribution in [0.3, 0.4) is 0 Å².